The van der Waals surface area contributed by atoms with Crippen LogP contribution in [0.1, 0.15) is 36.4 Å². The molecule has 4 nitrogen and oxygen atoms in total. The van der Waals surface area contributed by atoms with E-state index < -0.39 is 0 Å². The number of anilines is 2. The lowest BCUT2D eigenvalue weighted by Crippen LogP contribution is -2.25. The Balaban J connectivity index is 1.99. The Morgan fingerprint density at radius 2 is 2.29 bits per heavy atom. The minimum absolute atomic E-state index is 0.0346. The first-order valence-electron chi connectivity index (χ1n) is 6.00. The predicted molar refractivity (Wildman–Crippen MR) is 72.5 cm³/mol. The maximum absolute atomic E-state index is 11.9. The first-order chi connectivity index (χ1) is 8.06. The summed E-state index contributed by atoms with van der Waals surface area (Å²) in [6.07, 6.45) is 2.19. The van der Waals surface area contributed by atoms with Crippen molar-refractivity contribution in [2.75, 3.05) is 17.6 Å². The first kappa shape index (κ1) is 12.2. The molecule has 1 aromatic heterocycles. The summed E-state index contributed by atoms with van der Waals surface area (Å²) < 4.78 is 0. The zero-order valence-electron chi connectivity index (χ0n) is 10.2. The zero-order chi connectivity index (χ0) is 12.4. The van der Waals surface area contributed by atoms with Gasteiger partial charge in [-0.2, -0.15) is 0 Å². The zero-order valence-corrected chi connectivity index (χ0v) is 11.1. The van der Waals surface area contributed by atoms with Gasteiger partial charge in [0.15, 0.2) is 0 Å². The van der Waals surface area contributed by atoms with E-state index in [0.29, 0.717) is 22.5 Å². The lowest BCUT2D eigenvalue weighted by molar-refractivity contribution is 0.0956. The average molecular weight is 253 g/mol. The fourth-order valence-corrected chi connectivity index (χ4v) is 2.34. The Labute approximate surface area is 106 Å². The number of amides is 1. The molecule has 94 valence electrons. The molecule has 17 heavy (non-hydrogen) atoms. The SMILES string of the molecule is CC(C)CNc1cc(N)c(C(=O)NC2CC2)s1. The van der Waals surface area contributed by atoms with E-state index in [1.165, 1.54) is 11.3 Å². The average Bonchev–Trinajstić information content (AvgIpc) is 2.97. The van der Waals surface area contributed by atoms with Crippen LogP contribution < -0.4 is 16.4 Å². The minimum atomic E-state index is -0.0346. The molecule has 2 rings (SSSR count). The van der Waals surface area contributed by atoms with Crippen molar-refractivity contribution >= 4 is 27.9 Å². The number of carbonyl (C=O) groups is 1. The van der Waals surface area contributed by atoms with Crippen LogP contribution in [0.25, 0.3) is 0 Å². The Morgan fingerprint density at radius 3 is 2.88 bits per heavy atom. The van der Waals surface area contributed by atoms with Gasteiger partial charge in [-0.1, -0.05) is 13.8 Å². The number of nitrogens with one attached hydrogen (secondary N) is 2. The lowest BCUT2D eigenvalue weighted by Gasteiger charge is -2.05. The van der Waals surface area contributed by atoms with Gasteiger partial charge in [-0.15, -0.1) is 11.3 Å². The van der Waals surface area contributed by atoms with E-state index in [2.05, 4.69) is 24.5 Å². The van der Waals surface area contributed by atoms with Crippen LogP contribution in [0.2, 0.25) is 0 Å². The predicted octanol–water partition coefficient (Wildman–Crippen LogP) is 2.29. The van der Waals surface area contributed by atoms with Crippen molar-refractivity contribution < 1.29 is 4.79 Å². The van der Waals surface area contributed by atoms with Crippen molar-refractivity contribution in [2.24, 2.45) is 5.92 Å². The van der Waals surface area contributed by atoms with Crippen LogP contribution in [-0.2, 0) is 0 Å². The second-order valence-corrected chi connectivity index (χ2v) is 5.97. The van der Waals surface area contributed by atoms with Gasteiger partial charge in [-0.25, -0.2) is 0 Å². The van der Waals surface area contributed by atoms with Gasteiger partial charge in [-0.05, 0) is 24.8 Å². The van der Waals surface area contributed by atoms with Gasteiger partial charge >= 0.3 is 0 Å². The largest absolute Gasteiger partial charge is 0.397 e. The van der Waals surface area contributed by atoms with Crippen molar-refractivity contribution in [1.29, 1.82) is 0 Å². The molecule has 5 heteroatoms. The number of thiophene rings is 1. The molecule has 1 aliphatic carbocycles. The third kappa shape index (κ3) is 3.36. The van der Waals surface area contributed by atoms with Gasteiger partial charge in [0.05, 0.1) is 10.7 Å². The number of hydrogen-bond acceptors (Lipinski definition) is 4. The molecule has 1 amide bonds. The first-order valence-corrected chi connectivity index (χ1v) is 6.82. The van der Waals surface area contributed by atoms with Crippen LogP contribution in [0.5, 0.6) is 0 Å². The molecule has 0 spiro atoms. The van der Waals surface area contributed by atoms with Crippen molar-refractivity contribution in [3.05, 3.63) is 10.9 Å². The lowest BCUT2D eigenvalue weighted by atomic mass is 10.2. The van der Waals surface area contributed by atoms with Gasteiger partial charge < -0.3 is 16.4 Å². The standard InChI is InChI=1S/C12H19N3OS/c1-7(2)6-14-10-5-9(13)11(17-10)12(16)15-8-3-4-8/h5,7-8,14H,3-4,6,13H2,1-2H3,(H,15,16). The summed E-state index contributed by atoms with van der Waals surface area (Å²) in [5.74, 6) is 0.537. The quantitative estimate of drug-likeness (QED) is 0.754. The van der Waals surface area contributed by atoms with Crippen LogP contribution in [0.15, 0.2) is 6.07 Å². The number of nitrogens with two attached hydrogens (primary N) is 1. The molecule has 4 N–H and O–H groups in total. The third-order valence-corrected chi connectivity index (χ3v) is 3.67. The Kier molecular flexibility index (Phi) is 3.57. The maximum atomic E-state index is 11.9. The van der Waals surface area contributed by atoms with Crippen LogP contribution in [-0.4, -0.2) is 18.5 Å². The summed E-state index contributed by atoms with van der Waals surface area (Å²) in [5, 5.41) is 7.21. The molecular formula is C12H19N3OS. The Bertz CT molecular complexity index is 410. The van der Waals surface area contributed by atoms with E-state index in [1.54, 1.807) is 0 Å². The summed E-state index contributed by atoms with van der Waals surface area (Å²) in [7, 11) is 0. The monoisotopic (exact) mass is 253 g/mol. The molecule has 0 saturated heterocycles. The van der Waals surface area contributed by atoms with Gasteiger partial charge in [0.25, 0.3) is 5.91 Å². The highest BCUT2D eigenvalue weighted by atomic mass is 32.1. The van der Waals surface area contributed by atoms with Crippen LogP contribution in [0, 0.1) is 5.92 Å². The molecule has 1 fully saturated rings. The van der Waals surface area contributed by atoms with Gasteiger partial charge in [-0.3, -0.25) is 4.79 Å². The van der Waals surface area contributed by atoms with Gasteiger partial charge in [0, 0.05) is 12.6 Å². The van der Waals surface area contributed by atoms with Crippen LogP contribution in [0.4, 0.5) is 10.7 Å². The normalized spacial score (nSPS) is 15.0. The van der Waals surface area contributed by atoms with E-state index >= 15 is 0 Å². The Hall–Kier alpha value is -1.23. The van der Waals surface area contributed by atoms with Crippen molar-refractivity contribution in [3.8, 4) is 0 Å². The highest BCUT2D eigenvalue weighted by Crippen LogP contribution is 2.30. The fraction of sp³-hybridized carbons (Fsp3) is 0.583. The number of hydrogen-bond donors (Lipinski definition) is 3. The highest BCUT2D eigenvalue weighted by molar-refractivity contribution is 7.18. The van der Waals surface area contributed by atoms with Crippen molar-refractivity contribution in [2.45, 2.75) is 32.7 Å². The molecule has 0 bridgehead atoms. The minimum Gasteiger partial charge on any atom is -0.397 e. The smallest absolute Gasteiger partial charge is 0.263 e. The molecule has 0 radical (unpaired) electrons. The second-order valence-electron chi connectivity index (χ2n) is 4.92. The van der Waals surface area contributed by atoms with E-state index in [-0.39, 0.29) is 5.91 Å². The molecule has 0 atom stereocenters. The van der Waals surface area contributed by atoms with Crippen molar-refractivity contribution in [1.82, 2.24) is 5.32 Å². The van der Waals surface area contributed by atoms with E-state index in [9.17, 15) is 4.79 Å². The molecule has 1 aromatic rings. The molecule has 1 aliphatic rings. The van der Waals surface area contributed by atoms with E-state index in [1.807, 2.05) is 6.07 Å². The fourth-order valence-electron chi connectivity index (χ4n) is 1.45. The maximum Gasteiger partial charge on any atom is 0.263 e. The van der Waals surface area contributed by atoms with Gasteiger partial charge in [0.1, 0.15) is 4.88 Å². The molecule has 0 aliphatic heterocycles. The van der Waals surface area contributed by atoms with E-state index in [0.717, 1.165) is 24.4 Å². The topological polar surface area (TPSA) is 67.1 Å². The summed E-state index contributed by atoms with van der Waals surface area (Å²) in [6.45, 7) is 5.18. The van der Waals surface area contributed by atoms with Crippen LogP contribution >= 0.6 is 11.3 Å². The number of rotatable bonds is 5. The number of nitrogen functional groups attached to an aromatic ring is 1. The van der Waals surface area contributed by atoms with Crippen molar-refractivity contribution in [3.63, 3.8) is 0 Å². The van der Waals surface area contributed by atoms with E-state index in [4.69, 9.17) is 5.73 Å². The molecule has 0 aromatic carbocycles. The summed E-state index contributed by atoms with van der Waals surface area (Å²) >= 11 is 1.43. The summed E-state index contributed by atoms with van der Waals surface area (Å²) in [4.78, 5) is 12.5. The summed E-state index contributed by atoms with van der Waals surface area (Å²) in [5.41, 5.74) is 6.42. The van der Waals surface area contributed by atoms with Crippen LogP contribution in [0.3, 0.4) is 0 Å². The Morgan fingerprint density at radius 1 is 1.59 bits per heavy atom. The second kappa shape index (κ2) is 4.96. The van der Waals surface area contributed by atoms with Gasteiger partial charge in [0.2, 0.25) is 0 Å². The molecule has 1 saturated carbocycles. The molecular weight excluding hydrogens is 234 g/mol. The number of carbonyl (C=O) groups excluding carboxylic acids is 1. The third-order valence-electron chi connectivity index (χ3n) is 2.56. The molecule has 1 heterocycles. The highest BCUT2D eigenvalue weighted by Gasteiger charge is 2.25. The molecule has 0 unspecified atom stereocenters. The summed E-state index contributed by atoms with van der Waals surface area (Å²) in [6, 6.07) is 2.21.